The second-order valence-electron chi connectivity index (χ2n) is 9.07. The van der Waals surface area contributed by atoms with Crippen LogP contribution in [-0.2, 0) is 4.57 Å². The molecule has 0 saturated heterocycles. The molecule has 0 aromatic heterocycles. The van der Waals surface area contributed by atoms with Gasteiger partial charge in [-0.3, -0.25) is 0 Å². The quantitative estimate of drug-likeness (QED) is 0.306. The first-order valence-electron chi connectivity index (χ1n) is 11.9. The Hall–Kier alpha value is -1.99. The van der Waals surface area contributed by atoms with Crippen LogP contribution >= 0.6 is 7.60 Å². The van der Waals surface area contributed by atoms with Gasteiger partial charge in [0.05, 0.1) is 6.16 Å². The minimum atomic E-state index is -3.38. The molecule has 2 aromatic carbocycles. The summed E-state index contributed by atoms with van der Waals surface area (Å²) in [6.07, 6.45) is 14.7. The first-order chi connectivity index (χ1) is 15.1. The molecule has 0 aliphatic heterocycles. The molecule has 0 unspecified atom stereocenters. The van der Waals surface area contributed by atoms with Crippen LogP contribution in [0.25, 0.3) is 0 Å². The van der Waals surface area contributed by atoms with Crippen LogP contribution in [0.15, 0.2) is 61.2 Å². The summed E-state index contributed by atoms with van der Waals surface area (Å²) in [6.45, 7) is 3.75. The standard InChI is InChI=1S/C27H35O3P/c1-2-21-31(28,29-26-17-13-24(14-18-26)22-9-5-3-6-10-22)30-27-19-15-25(16-20-27)23-11-7-4-8-12-23/h2,13-20,22-23H,1,3-12,21H2. The number of rotatable bonds is 8. The van der Waals surface area contributed by atoms with E-state index < -0.39 is 7.60 Å². The average molecular weight is 439 g/mol. The second-order valence-corrected chi connectivity index (χ2v) is 11.0. The van der Waals surface area contributed by atoms with E-state index >= 15 is 0 Å². The zero-order chi connectivity index (χ0) is 21.5. The molecular weight excluding hydrogens is 403 g/mol. The summed E-state index contributed by atoms with van der Waals surface area (Å²) >= 11 is 0. The van der Waals surface area contributed by atoms with Gasteiger partial charge in [-0.1, -0.05) is 68.9 Å². The van der Waals surface area contributed by atoms with Crippen molar-refractivity contribution in [3.05, 3.63) is 72.3 Å². The van der Waals surface area contributed by atoms with Gasteiger partial charge in [0.2, 0.25) is 0 Å². The lowest BCUT2D eigenvalue weighted by atomic mass is 9.84. The number of hydrogen-bond acceptors (Lipinski definition) is 3. The highest BCUT2D eigenvalue weighted by Crippen LogP contribution is 2.49. The first kappa shape index (κ1) is 22.2. The van der Waals surface area contributed by atoms with Crippen molar-refractivity contribution in [2.24, 2.45) is 0 Å². The molecule has 4 heteroatoms. The van der Waals surface area contributed by atoms with Crippen LogP contribution in [0.3, 0.4) is 0 Å². The molecule has 2 fully saturated rings. The maximum absolute atomic E-state index is 13.4. The normalized spacial score (nSPS) is 18.5. The molecule has 0 amide bonds. The summed E-state index contributed by atoms with van der Waals surface area (Å²) in [5.74, 6) is 2.45. The minimum Gasteiger partial charge on any atom is -0.416 e. The van der Waals surface area contributed by atoms with Crippen LogP contribution < -0.4 is 9.05 Å². The van der Waals surface area contributed by atoms with E-state index in [-0.39, 0.29) is 6.16 Å². The summed E-state index contributed by atoms with van der Waals surface area (Å²) < 4.78 is 25.2. The molecule has 2 aliphatic carbocycles. The highest BCUT2D eigenvalue weighted by Gasteiger charge is 2.27. The molecule has 0 heterocycles. The SMILES string of the molecule is C=CCP(=O)(Oc1ccc(C2CCCCC2)cc1)Oc1ccc(C2CCCCC2)cc1. The average Bonchev–Trinajstić information content (AvgIpc) is 2.81. The van der Waals surface area contributed by atoms with E-state index in [0.717, 1.165) is 0 Å². The van der Waals surface area contributed by atoms with Gasteiger partial charge in [0.25, 0.3) is 0 Å². The smallest absolute Gasteiger partial charge is 0.416 e. The van der Waals surface area contributed by atoms with Gasteiger partial charge >= 0.3 is 7.60 Å². The Morgan fingerprint density at radius 1 is 0.710 bits per heavy atom. The molecule has 3 nitrogen and oxygen atoms in total. The second kappa shape index (κ2) is 10.6. The molecule has 0 atom stereocenters. The molecule has 0 bridgehead atoms. The molecule has 2 aromatic rings. The van der Waals surface area contributed by atoms with E-state index in [4.69, 9.17) is 9.05 Å². The van der Waals surface area contributed by atoms with Gasteiger partial charge in [-0.25, -0.2) is 4.57 Å². The van der Waals surface area contributed by atoms with E-state index in [1.54, 1.807) is 6.08 Å². The van der Waals surface area contributed by atoms with Gasteiger partial charge in [0, 0.05) is 0 Å². The topological polar surface area (TPSA) is 35.5 Å². The van der Waals surface area contributed by atoms with Gasteiger partial charge in [0.15, 0.2) is 0 Å². The van der Waals surface area contributed by atoms with Gasteiger partial charge in [-0.05, 0) is 72.9 Å². The third kappa shape index (κ3) is 6.04. The van der Waals surface area contributed by atoms with Crippen molar-refractivity contribution in [3.63, 3.8) is 0 Å². The number of benzene rings is 2. The molecule has 0 radical (unpaired) electrons. The monoisotopic (exact) mass is 438 g/mol. The Bertz CT molecular complexity index is 808. The Labute approximate surface area is 187 Å². The van der Waals surface area contributed by atoms with Crippen molar-refractivity contribution in [2.75, 3.05) is 6.16 Å². The molecule has 4 rings (SSSR count). The predicted molar refractivity (Wildman–Crippen MR) is 128 cm³/mol. The zero-order valence-corrected chi connectivity index (χ0v) is 19.4. The Kier molecular flexibility index (Phi) is 7.56. The molecular formula is C27H35O3P. The molecule has 31 heavy (non-hydrogen) atoms. The van der Waals surface area contributed by atoms with Crippen molar-refractivity contribution >= 4 is 7.60 Å². The van der Waals surface area contributed by atoms with E-state index in [9.17, 15) is 4.57 Å². The van der Waals surface area contributed by atoms with E-state index in [0.29, 0.717) is 23.3 Å². The Balaban J connectivity index is 1.42. The molecule has 0 N–H and O–H groups in total. The fraction of sp³-hybridized carbons (Fsp3) is 0.481. The lowest BCUT2D eigenvalue weighted by Gasteiger charge is -2.23. The molecule has 166 valence electrons. The van der Waals surface area contributed by atoms with Crippen LogP contribution in [0.1, 0.15) is 87.2 Å². The van der Waals surface area contributed by atoms with E-state index in [1.165, 1.54) is 75.3 Å². The highest BCUT2D eigenvalue weighted by molar-refractivity contribution is 7.54. The van der Waals surface area contributed by atoms with Crippen molar-refractivity contribution < 1.29 is 13.6 Å². The summed E-state index contributed by atoms with van der Waals surface area (Å²) in [7, 11) is -3.38. The van der Waals surface area contributed by atoms with Crippen molar-refractivity contribution in [1.82, 2.24) is 0 Å². The van der Waals surface area contributed by atoms with Gasteiger partial charge in [-0.2, -0.15) is 0 Å². The fourth-order valence-electron chi connectivity index (χ4n) is 5.05. The lowest BCUT2D eigenvalue weighted by molar-refractivity contribution is 0.389. The predicted octanol–water partition coefficient (Wildman–Crippen LogP) is 8.62. The maximum atomic E-state index is 13.4. The largest absolute Gasteiger partial charge is 0.434 e. The number of allylic oxidation sites excluding steroid dienone is 1. The van der Waals surface area contributed by atoms with E-state index in [1.807, 2.05) is 24.3 Å². The summed E-state index contributed by atoms with van der Waals surface area (Å²) in [6, 6.07) is 16.2. The maximum Gasteiger partial charge on any atom is 0.434 e. The minimum absolute atomic E-state index is 0.168. The van der Waals surface area contributed by atoms with Gasteiger partial charge in [0.1, 0.15) is 11.5 Å². The summed E-state index contributed by atoms with van der Waals surface area (Å²) in [5, 5.41) is 0. The fourth-order valence-corrected chi connectivity index (χ4v) is 6.43. The molecule has 0 spiro atoms. The third-order valence-corrected chi connectivity index (χ3v) is 8.44. The van der Waals surface area contributed by atoms with Gasteiger partial charge < -0.3 is 9.05 Å². The lowest BCUT2D eigenvalue weighted by Crippen LogP contribution is -2.06. The van der Waals surface area contributed by atoms with Crippen molar-refractivity contribution in [3.8, 4) is 11.5 Å². The summed E-state index contributed by atoms with van der Waals surface area (Å²) in [5.41, 5.74) is 2.70. The zero-order valence-electron chi connectivity index (χ0n) is 18.5. The van der Waals surface area contributed by atoms with Crippen molar-refractivity contribution in [2.45, 2.75) is 76.0 Å². The number of hydrogen-bond donors (Lipinski definition) is 0. The van der Waals surface area contributed by atoms with Gasteiger partial charge in [-0.15, -0.1) is 6.58 Å². The van der Waals surface area contributed by atoms with E-state index in [2.05, 4.69) is 30.8 Å². The van der Waals surface area contributed by atoms with Crippen LogP contribution in [0, 0.1) is 0 Å². The Morgan fingerprint density at radius 2 is 1.10 bits per heavy atom. The Morgan fingerprint density at radius 3 is 1.45 bits per heavy atom. The highest BCUT2D eigenvalue weighted by atomic mass is 31.2. The van der Waals surface area contributed by atoms with Crippen LogP contribution in [0.2, 0.25) is 0 Å². The molecule has 2 saturated carbocycles. The van der Waals surface area contributed by atoms with Crippen LogP contribution in [-0.4, -0.2) is 6.16 Å². The third-order valence-electron chi connectivity index (χ3n) is 6.76. The van der Waals surface area contributed by atoms with Crippen LogP contribution in [0.4, 0.5) is 0 Å². The first-order valence-corrected chi connectivity index (χ1v) is 13.7. The van der Waals surface area contributed by atoms with Crippen molar-refractivity contribution in [1.29, 1.82) is 0 Å². The summed E-state index contributed by atoms with van der Waals surface area (Å²) in [4.78, 5) is 0. The van der Waals surface area contributed by atoms with Crippen LogP contribution in [0.5, 0.6) is 11.5 Å². The molecule has 2 aliphatic rings.